The molecular formula is C30H37N5O2. The number of ether oxygens (including phenoxy) is 2. The highest BCUT2D eigenvalue weighted by Crippen LogP contribution is 2.31. The van der Waals surface area contributed by atoms with E-state index in [1.165, 1.54) is 5.56 Å². The van der Waals surface area contributed by atoms with Gasteiger partial charge in [-0.3, -0.25) is 5.73 Å². The molecule has 0 aromatic heterocycles. The first-order valence-corrected chi connectivity index (χ1v) is 12.7. The van der Waals surface area contributed by atoms with Crippen LogP contribution in [0.1, 0.15) is 30.5 Å². The second-order valence-corrected chi connectivity index (χ2v) is 9.03. The number of aliphatic imine (C=N–C) groups is 1. The highest BCUT2D eigenvalue weighted by molar-refractivity contribution is 6.12. The van der Waals surface area contributed by atoms with Gasteiger partial charge in [-0.05, 0) is 62.0 Å². The number of hydrogen-bond donors (Lipinski definition) is 3. The summed E-state index contributed by atoms with van der Waals surface area (Å²) in [5, 5.41) is 6.94. The van der Waals surface area contributed by atoms with Crippen molar-refractivity contribution in [3.8, 4) is 11.5 Å². The lowest BCUT2D eigenvalue weighted by atomic mass is 10.0. The molecule has 0 amide bonds. The van der Waals surface area contributed by atoms with Gasteiger partial charge in [0.2, 0.25) is 5.79 Å². The Morgan fingerprint density at radius 3 is 2.35 bits per heavy atom. The third-order valence-corrected chi connectivity index (χ3v) is 6.58. The van der Waals surface area contributed by atoms with Crippen LogP contribution in [0.25, 0.3) is 5.57 Å². The number of anilines is 1. The van der Waals surface area contributed by atoms with Crippen molar-refractivity contribution < 1.29 is 9.47 Å². The molecule has 0 spiro atoms. The van der Waals surface area contributed by atoms with Crippen LogP contribution in [-0.4, -0.2) is 44.5 Å². The highest BCUT2D eigenvalue weighted by atomic mass is 16.5. The maximum atomic E-state index is 6.82. The van der Waals surface area contributed by atoms with Gasteiger partial charge in [0.1, 0.15) is 23.9 Å². The number of likely N-dealkylation sites (N-methyl/N-ethyl adjacent to an activating group) is 1. The van der Waals surface area contributed by atoms with Gasteiger partial charge in [0, 0.05) is 23.9 Å². The second-order valence-electron chi connectivity index (χ2n) is 9.03. The number of nitrogens with one attached hydrogen (secondary N) is 2. The molecule has 0 saturated heterocycles. The van der Waals surface area contributed by atoms with Gasteiger partial charge in [0.25, 0.3) is 0 Å². The van der Waals surface area contributed by atoms with Crippen molar-refractivity contribution in [3.63, 3.8) is 0 Å². The highest BCUT2D eigenvalue weighted by Gasteiger charge is 2.31. The first-order valence-electron chi connectivity index (χ1n) is 12.7. The molecule has 1 atom stereocenters. The van der Waals surface area contributed by atoms with E-state index < -0.39 is 5.79 Å². The van der Waals surface area contributed by atoms with Gasteiger partial charge in [0.05, 0.1) is 12.8 Å². The minimum absolute atomic E-state index is 0.640. The van der Waals surface area contributed by atoms with Gasteiger partial charge in [-0.2, -0.15) is 0 Å². The molecule has 4 rings (SSSR count). The fourth-order valence-corrected chi connectivity index (χ4v) is 4.24. The molecule has 1 aliphatic rings. The monoisotopic (exact) mass is 499 g/mol. The zero-order chi connectivity index (χ0) is 26.3. The normalized spacial score (nSPS) is 17.0. The molecule has 1 unspecified atom stereocenters. The Hall–Kier alpha value is -3.81. The van der Waals surface area contributed by atoms with Crippen molar-refractivity contribution >= 4 is 17.5 Å². The van der Waals surface area contributed by atoms with E-state index in [1.54, 1.807) is 7.11 Å². The van der Waals surface area contributed by atoms with Gasteiger partial charge >= 0.3 is 0 Å². The van der Waals surface area contributed by atoms with Crippen LogP contribution in [0.4, 0.5) is 5.69 Å². The predicted octanol–water partition coefficient (Wildman–Crippen LogP) is 4.95. The van der Waals surface area contributed by atoms with Crippen molar-refractivity contribution in [1.29, 1.82) is 0 Å². The van der Waals surface area contributed by atoms with Crippen LogP contribution in [0.3, 0.4) is 0 Å². The molecule has 37 heavy (non-hydrogen) atoms. The number of nitrogens with two attached hydrogens (primary N) is 1. The molecule has 3 aromatic carbocycles. The summed E-state index contributed by atoms with van der Waals surface area (Å²) < 4.78 is 11.5. The number of rotatable bonds is 11. The summed E-state index contributed by atoms with van der Waals surface area (Å²) in [6, 6.07) is 23.9. The smallest absolute Gasteiger partial charge is 0.210 e. The average molecular weight is 500 g/mol. The molecule has 0 aliphatic carbocycles. The summed E-state index contributed by atoms with van der Waals surface area (Å²) in [5.74, 6) is 1.13. The first kappa shape index (κ1) is 26.3. The van der Waals surface area contributed by atoms with E-state index in [2.05, 4.69) is 60.6 Å². The van der Waals surface area contributed by atoms with Gasteiger partial charge in [-0.25, -0.2) is 4.99 Å². The number of methoxy groups -OCH3 is 1. The van der Waals surface area contributed by atoms with Crippen LogP contribution in [0.2, 0.25) is 0 Å². The van der Waals surface area contributed by atoms with E-state index in [0.717, 1.165) is 59.3 Å². The van der Waals surface area contributed by atoms with Crippen LogP contribution >= 0.6 is 0 Å². The maximum absolute atomic E-state index is 6.82. The molecule has 3 aromatic rings. The summed E-state index contributed by atoms with van der Waals surface area (Å²) in [6.07, 6.45) is 1.83. The van der Waals surface area contributed by atoms with E-state index in [-0.39, 0.29) is 0 Å². The van der Waals surface area contributed by atoms with E-state index >= 15 is 0 Å². The largest absolute Gasteiger partial charge is 0.495 e. The van der Waals surface area contributed by atoms with Crippen molar-refractivity contribution in [3.05, 3.63) is 95.3 Å². The third kappa shape index (κ3) is 6.31. The number of aryl methyl sites for hydroxylation is 1. The number of para-hydroxylation sites is 2. The molecule has 1 aliphatic heterocycles. The summed E-state index contributed by atoms with van der Waals surface area (Å²) in [4.78, 5) is 7.08. The number of nitrogens with zero attached hydrogens (tertiary/aromatic N) is 2. The number of benzene rings is 3. The Morgan fingerprint density at radius 1 is 0.973 bits per heavy atom. The average Bonchev–Trinajstić information content (AvgIpc) is 2.92. The van der Waals surface area contributed by atoms with Crippen LogP contribution in [-0.2, 0) is 5.79 Å². The van der Waals surface area contributed by atoms with Gasteiger partial charge < -0.3 is 25.0 Å². The Morgan fingerprint density at radius 2 is 1.68 bits per heavy atom. The fraction of sp³-hybridized carbons (Fsp3) is 0.300. The molecule has 4 N–H and O–H groups in total. The first-order chi connectivity index (χ1) is 18.0. The number of hydrogen-bond acceptors (Lipinski definition) is 7. The van der Waals surface area contributed by atoms with Crippen molar-refractivity contribution in [2.45, 2.75) is 26.6 Å². The lowest BCUT2D eigenvalue weighted by Gasteiger charge is -2.34. The molecule has 0 saturated carbocycles. The Balaban J connectivity index is 1.58. The molecule has 0 bridgehead atoms. The summed E-state index contributed by atoms with van der Waals surface area (Å²) in [5.41, 5.74) is 11.6. The van der Waals surface area contributed by atoms with E-state index in [0.29, 0.717) is 6.61 Å². The molecule has 1 heterocycles. The fourth-order valence-electron chi connectivity index (χ4n) is 4.24. The van der Waals surface area contributed by atoms with E-state index in [1.807, 2.05) is 54.7 Å². The Bertz CT molecular complexity index is 1230. The topological polar surface area (TPSA) is 84.1 Å². The minimum Gasteiger partial charge on any atom is -0.495 e. The summed E-state index contributed by atoms with van der Waals surface area (Å²) in [7, 11) is 1.66. The van der Waals surface area contributed by atoms with Gasteiger partial charge in [-0.1, -0.05) is 55.8 Å². The van der Waals surface area contributed by atoms with Crippen molar-refractivity contribution in [2.24, 2.45) is 10.7 Å². The molecule has 0 radical (unpaired) electrons. The van der Waals surface area contributed by atoms with Crippen LogP contribution < -0.4 is 25.8 Å². The summed E-state index contributed by atoms with van der Waals surface area (Å²) in [6.45, 7) is 9.95. The van der Waals surface area contributed by atoms with Gasteiger partial charge in [0.15, 0.2) is 0 Å². The van der Waals surface area contributed by atoms with Crippen LogP contribution in [0.15, 0.2) is 83.6 Å². The van der Waals surface area contributed by atoms with Crippen LogP contribution in [0.5, 0.6) is 11.5 Å². The van der Waals surface area contributed by atoms with E-state index in [4.69, 9.17) is 20.2 Å². The minimum atomic E-state index is -1.15. The second kappa shape index (κ2) is 12.0. The van der Waals surface area contributed by atoms with Crippen molar-refractivity contribution in [2.75, 3.05) is 38.7 Å². The SMILES string of the molecule is CCN(CC)CCOc1ccc(C2(N)N=CC(c3ccc(C)cc3)=C(Nc3ccccc3OC)N2)cc1. The molecule has 7 heteroatoms. The zero-order valence-corrected chi connectivity index (χ0v) is 22.1. The van der Waals surface area contributed by atoms with Crippen molar-refractivity contribution in [1.82, 2.24) is 10.2 Å². The number of allylic oxidation sites excluding steroid dienone is 1. The molecular weight excluding hydrogens is 462 g/mol. The Kier molecular flexibility index (Phi) is 8.48. The van der Waals surface area contributed by atoms with Gasteiger partial charge in [-0.15, -0.1) is 0 Å². The zero-order valence-electron chi connectivity index (χ0n) is 22.1. The predicted molar refractivity (Wildman–Crippen MR) is 152 cm³/mol. The molecule has 0 fully saturated rings. The third-order valence-electron chi connectivity index (χ3n) is 6.58. The van der Waals surface area contributed by atoms with Crippen LogP contribution in [0, 0.1) is 6.92 Å². The Labute approximate surface area is 220 Å². The van der Waals surface area contributed by atoms with E-state index in [9.17, 15) is 0 Å². The lowest BCUT2D eigenvalue weighted by Crippen LogP contribution is -2.51. The lowest BCUT2D eigenvalue weighted by molar-refractivity contribution is 0.222. The molecule has 7 nitrogen and oxygen atoms in total. The standard InChI is InChI=1S/C30H37N5O2/c1-5-35(6-2)19-20-37-25-17-15-24(16-18-25)30(31)32-21-26(23-13-11-22(3)12-14-23)29(34-30)33-27-9-7-8-10-28(27)36-4/h7-18,21,33-34H,5-6,19-20,31H2,1-4H3. The molecule has 194 valence electrons. The maximum Gasteiger partial charge on any atom is 0.210 e. The quantitative estimate of drug-likeness (QED) is 0.346. The summed E-state index contributed by atoms with van der Waals surface area (Å²) >= 11 is 0.